The number of pyridine rings is 1. The van der Waals surface area contributed by atoms with E-state index in [2.05, 4.69) is 10.3 Å². The van der Waals surface area contributed by atoms with Crippen LogP contribution in [0.15, 0.2) is 36.5 Å². The van der Waals surface area contributed by atoms with Crippen LogP contribution in [0.2, 0.25) is 0 Å². The van der Waals surface area contributed by atoms with Crippen molar-refractivity contribution in [2.45, 2.75) is 19.1 Å². The standard InChI is InChI=1S/C16H19N3O2/c1-10-7-8-19-16(17)14(10)15(18-2)13-9-20-11-5-3-4-6-12(11)21-13/h3-8,13,15,18H,9H2,1-2H3,(H2,17,19). The van der Waals surface area contributed by atoms with Crippen LogP contribution >= 0.6 is 0 Å². The van der Waals surface area contributed by atoms with E-state index in [0.29, 0.717) is 12.4 Å². The van der Waals surface area contributed by atoms with Crippen molar-refractivity contribution in [3.8, 4) is 11.5 Å². The lowest BCUT2D eigenvalue weighted by atomic mass is 9.97. The molecule has 3 N–H and O–H groups in total. The van der Waals surface area contributed by atoms with Gasteiger partial charge >= 0.3 is 0 Å². The molecule has 0 bridgehead atoms. The third kappa shape index (κ3) is 2.52. The number of hydrogen-bond acceptors (Lipinski definition) is 5. The minimum Gasteiger partial charge on any atom is -0.486 e. The molecule has 0 fully saturated rings. The largest absolute Gasteiger partial charge is 0.486 e. The fourth-order valence-corrected chi connectivity index (χ4v) is 2.71. The van der Waals surface area contributed by atoms with Crippen LogP contribution in [0.5, 0.6) is 11.5 Å². The zero-order valence-corrected chi connectivity index (χ0v) is 12.2. The van der Waals surface area contributed by atoms with Crippen LogP contribution in [-0.4, -0.2) is 24.7 Å². The number of aromatic nitrogens is 1. The second kappa shape index (κ2) is 5.61. The van der Waals surface area contributed by atoms with Crippen molar-refractivity contribution in [2.75, 3.05) is 19.4 Å². The fourth-order valence-electron chi connectivity index (χ4n) is 2.71. The number of nitrogens with one attached hydrogen (secondary N) is 1. The number of para-hydroxylation sites is 2. The zero-order chi connectivity index (χ0) is 14.8. The van der Waals surface area contributed by atoms with Crippen molar-refractivity contribution in [1.29, 1.82) is 0 Å². The molecule has 0 spiro atoms. The predicted molar refractivity (Wildman–Crippen MR) is 81.5 cm³/mol. The summed E-state index contributed by atoms with van der Waals surface area (Å²) in [7, 11) is 1.89. The van der Waals surface area contributed by atoms with Gasteiger partial charge in [0.15, 0.2) is 17.6 Å². The Hall–Kier alpha value is -2.27. The molecule has 2 heterocycles. The average molecular weight is 285 g/mol. The van der Waals surface area contributed by atoms with E-state index < -0.39 is 0 Å². The van der Waals surface area contributed by atoms with Gasteiger partial charge in [-0.05, 0) is 37.7 Å². The number of nitrogens with two attached hydrogens (primary N) is 1. The van der Waals surface area contributed by atoms with Crippen LogP contribution in [0.1, 0.15) is 17.2 Å². The maximum atomic E-state index is 6.08. The number of hydrogen-bond donors (Lipinski definition) is 2. The summed E-state index contributed by atoms with van der Waals surface area (Å²) in [5, 5.41) is 3.28. The molecule has 2 atom stereocenters. The minimum atomic E-state index is -0.157. The van der Waals surface area contributed by atoms with Crippen LogP contribution in [0, 0.1) is 6.92 Å². The van der Waals surface area contributed by atoms with Crippen molar-refractivity contribution >= 4 is 5.82 Å². The maximum absolute atomic E-state index is 6.08. The zero-order valence-electron chi connectivity index (χ0n) is 12.2. The molecule has 1 aromatic heterocycles. The van der Waals surface area contributed by atoms with Gasteiger partial charge in [0.05, 0.1) is 6.04 Å². The third-order valence-electron chi connectivity index (χ3n) is 3.76. The first-order valence-electron chi connectivity index (χ1n) is 6.97. The summed E-state index contributed by atoms with van der Waals surface area (Å²) >= 11 is 0. The molecule has 0 saturated carbocycles. The SMILES string of the molecule is CNC(c1c(C)ccnc1N)C1COc2ccccc2O1. The van der Waals surface area contributed by atoms with E-state index in [0.717, 1.165) is 22.6 Å². The summed E-state index contributed by atoms with van der Waals surface area (Å²) < 4.78 is 11.9. The van der Waals surface area contributed by atoms with E-state index in [-0.39, 0.29) is 12.1 Å². The first-order valence-corrected chi connectivity index (χ1v) is 6.97. The number of anilines is 1. The van der Waals surface area contributed by atoms with Gasteiger partial charge in [-0.1, -0.05) is 12.1 Å². The molecule has 2 aromatic rings. The summed E-state index contributed by atoms with van der Waals surface area (Å²) in [5.74, 6) is 2.06. The summed E-state index contributed by atoms with van der Waals surface area (Å²) in [6.45, 7) is 2.49. The van der Waals surface area contributed by atoms with Crippen LogP contribution in [-0.2, 0) is 0 Å². The van der Waals surface area contributed by atoms with E-state index in [1.54, 1.807) is 6.20 Å². The molecule has 0 amide bonds. The Labute approximate surface area is 124 Å². The molecule has 1 aliphatic heterocycles. The maximum Gasteiger partial charge on any atom is 0.161 e. The van der Waals surface area contributed by atoms with E-state index >= 15 is 0 Å². The van der Waals surface area contributed by atoms with E-state index in [1.807, 2.05) is 44.3 Å². The molecule has 0 saturated heterocycles. The monoisotopic (exact) mass is 285 g/mol. The minimum absolute atomic E-state index is 0.0768. The smallest absolute Gasteiger partial charge is 0.161 e. The molecule has 1 aromatic carbocycles. The van der Waals surface area contributed by atoms with E-state index in [1.165, 1.54) is 0 Å². The normalized spacial score (nSPS) is 18.3. The molecule has 5 heteroatoms. The van der Waals surface area contributed by atoms with Gasteiger partial charge in [-0.15, -0.1) is 0 Å². The van der Waals surface area contributed by atoms with Crippen LogP contribution < -0.4 is 20.5 Å². The number of aryl methyl sites for hydroxylation is 1. The molecule has 21 heavy (non-hydrogen) atoms. The molecule has 0 radical (unpaired) electrons. The highest BCUT2D eigenvalue weighted by atomic mass is 16.6. The van der Waals surface area contributed by atoms with Gasteiger partial charge < -0.3 is 20.5 Å². The number of nitrogens with zero attached hydrogens (tertiary/aromatic N) is 1. The van der Waals surface area contributed by atoms with Gasteiger partial charge in [-0.3, -0.25) is 0 Å². The van der Waals surface area contributed by atoms with Gasteiger partial charge in [-0.2, -0.15) is 0 Å². The second-order valence-corrected chi connectivity index (χ2v) is 5.11. The van der Waals surface area contributed by atoms with Crippen LogP contribution in [0.3, 0.4) is 0 Å². The van der Waals surface area contributed by atoms with Gasteiger partial charge in [-0.25, -0.2) is 4.98 Å². The number of benzene rings is 1. The number of ether oxygens (including phenoxy) is 2. The molecule has 5 nitrogen and oxygen atoms in total. The van der Waals surface area contributed by atoms with Gasteiger partial charge in [0.2, 0.25) is 0 Å². The first kappa shape index (κ1) is 13.7. The molecule has 0 aliphatic carbocycles. The average Bonchev–Trinajstić information content (AvgIpc) is 2.50. The summed E-state index contributed by atoms with van der Waals surface area (Å²) in [6.07, 6.45) is 1.56. The summed E-state index contributed by atoms with van der Waals surface area (Å²) in [4.78, 5) is 4.19. The predicted octanol–water partition coefficient (Wildman–Crippen LogP) is 2.07. The third-order valence-corrected chi connectivity index (χ3v) is 3.76. The van der Waals surface area contributed by atoms with Crippen molar-refractivity contribution in [2.24, 2.45) is 0 Å². The van der Waals surface area contributed by atoms with Crippen LogP contribution in [0.4, 0.5) is 5.82 Å². The topological polar surface area (TPSA) is 69.4 Å². The second-order valence-electron chi connectivity index (χ2n) is 5.11. The summed E-state index contributed by atoms with van der Waals surface area (Å²) in [6, 6.07) is 9.56. The molecule has 2 unspecified atom stereocenters. The van der Waals surface area contributed by atoms with Gasteiger partial charge in [0.25, 0.3) is 0 Å². The Balaban J connectivity index is 1.92. The van der Waals surface area contributed by atoms with Crippen molar-refractivity contribution in [3.05, 3.63) is 47.7 Å². The number of rotatable bonds is 3. The van der Waals surface area contributed by atoms with Crippen molar-refractivity contribution in [1.82, 2.24) is 10.3 Å². The van der Waals surface area contributed by atoms with E-state index in [4.69, 9.17) is 15.2 Å². The Morgan fingerprint density at radius 2 is 2.05 bits per heavy atom. The lowest BCUT2D eigenvalue weighted by Gasteiger charge is -2.33. The lowest BCUT2D eigenvalue weighted by molar-refractivity contribution is 0.0638. The molecule has 1 aliphatic rings. The molecule has 110 valence electrons. The highest BCUT2D eigenvalue weighted by Crippen LogP contribution is 2.35. The molecular weight excluding hydrogens is 266 g/mol. The van der Waals surface area contributed by atoms with E-state index in [9.17, 15) is 0 Å². The quantitative estimate of drug-likeness (QED) is 0.903. The van der Waals surface area contributed by atoms with Gasteiger partial charge in [0, 0.05) is 11.8 Å². The lowest BCUT2D eigenvalue weighted by Crippen LogP contribution is -2.41. The van der Waals surface area contributed by atoms with Gasteiger partial charge in [0.1, 0.15) is 12.4 Å². The van der Waals surface area contributed by atoms with Crippen molar-refractivity contribution in [3.63, 3.8) is 0 Å². The molecule has 3 rings (SSSR count). The fraction of sp³-hybridized carbons (Fsp3) is 0.312. The highest BCUT2D eigenvalue weighted by molar-refractivity contribution is 5.47. The number of fused-ring (bicyclic) bond motifs is 1. The Morgan fingerprint density at radius 1 is 1.29 bits per heavy atom. The molecular formula is C16H19N3O2. The Bertz CT molecular complexity index is 625. The number of nitrogen functional groups attached to an aromatic ring is 1. The summed E-state index contributed by atoms with van der Waals surface area (Å²) in [5.41, 5.74) is 8.10. The van der Waals surface area contributed by atoms with Crippen LogP contribution in [0.25, 0.3) is 0 Å². The first-order chi connectivity index (χ1) is 10.2. The van der Waals surface area contributed by atoms with Crippen molar-refractivity contribution < 1.29 is 9.47 Å². The number of likely N-dealkylation sites (N-methyl/N-ethyl adjacent to an activating group) is 1. The Kier molecular flexibility index (Phi) is 3.66. The Morgan fingerprint density at radius 3 is 2.76 bits per heavy atom. The highest BCUT2D eigenvalue weighted by Gasteiger charge is 2.31.